The fourth-order valence-electron chi connectivity index (χ4n) is 2.35. The summed E-state index contributed by atoms with van der Waals surface area (Å²) in [5, 5.41) is 4.01. The van der Waals surface area contributed by atoms with Gasteiger partial charge < -0.3 is 14.2 Å². The van der Waals surface area contributed by atoms with Crippen LogP contribution in [0.4, 0.5) is 0 Å². The van der Waals surface area contributed by atoms with Gasteiger partial charge in [-0.05, 0) is 35.9 Å². The number of benzene rings is 2. The second-order valence-corrected chi connectivity index (χ2v) is 6.69. The Morgan fingerprint density at radius 1 is 1.15 bits per heavy atom. The molecule has 1 heterocycles. The molecule has 3 rings (SSSR count). The summed E-state index contributed by atoms with van der Waals surface area (Å²) < 4.78 is 16.2. The molecule has 0 bridgehead atoms. The standard InChI is InChI=1S/C19H20N2O4S/c1-23-17-7-6-14(9-18(17)24-2)19(22)21-20-10-13-4-3-5-15(8-13)25-16-11-26-12-16/h3-10,16H,11-12H2,1-2H3,(H,21,22). The number of nitrogens with zero attached hydrogens (tertiary/aromatic N) is 1. The van der Waals surface area contributed by atoms with Gasteiger partial charge in [0.2, 0.25) is 0 Å². The van der Waals surface area contributed by atoms with E-state index in [4.69, 9.17) is 14.2 Å². The average molecular weight is 372 g/mol. The van der Waals surface area contributed by atoms with E-state index in [1.807, 2.05) is 36.0 Å². The summed E-state index contributed by atoms with van der Waals surface area (Å²) in [6, 6.07) is 12.5. The smallest absolute Gasteiger partial charge is 0.271 e. The number of ether oxygens (including phenoxy) is 3. The van der Waals surface area contributed by atoms with Crippen molar-refractivity contribution in [3.05, 3.63) is 53.6 Å². The molecule has 1 aliphatic heterocycles. The number of methoxy groups -OCH3 is 2. The predicted octanol–water partition coefficient (Wildman–Crippen LogP) is 2.96. The number of thioether (sulfide) groups is 1. The Morgan fingerprint density at radius 3 is 2.65 bits per heavy atom. The molecule has 2 aromatic carbocycles. The van der Waals surface area contributed by atoms with Crippen LogP contribution in [-0.2, 0) is 0 Å². The molecule has 136 valence electrons. The van der Waals surface area contributed by atoms with E-state index in [-0.39, 0.29) is 12.0 Å². The van der Waals surface area contributed by atoms with Crippen molar-refractivity contribution in [1.29, 1.82) is 0 Å². The van der Waals surface area contributed by atoms with Gasteiger partial charge >= 0.3 is 0 Å². The zero-order chi connectivity index (χ0) is 18.4. The summed E-state index contributed by atoms with van der Waals surface area (Å²) in [6.45, 7) is 0. The lowest BCUT2D eigenvalue weighted by atomic mass is 10.2. The van der Waals surface area contributed by atoms with Crippen LogP contribution in [0.3, 0.4) is 0 Å². The topological polar surface area (TPSA) is 69.2 Å². The third-order valence-electron chi connectivity index (χ3n) is 3.79. The SMILES string of the molecule is COc1ccc(C(=O)NN=Cc2cccc(OC3CSC3)c2)cc1OC. The first-order chi connectivity index (χ1) is 12.7. The molecule has 1 fully saturated rings. The van der Waals surface area contributed by atoms with E-state index in [0.29, 0.717) is 17.1 Å². The number of rotatable bonds is 7. The van der Waals surface area contributed by atoms with Crippen molar-refractivity contribution < 1.29 is 19.0 Å². The molecular formula is C19H20N2O4S. The lowest BCUT2D eigenvalue weighted by molar-refractivity contribution is 0.0954. The quantitative estimate of drug-likeness (QED) is 0.598. The molecule has 0 saturated carbocycles. The van der Waals surface area contributed by atoms with Crippen molar-refractivity contribution >= 4 is 23.9 Å². The minimum absolute atomic E-state index is 0.289. The normalized spacial score (nSPS) is 13.9. The molecule has 0 aromatic heterocycles. The Hall–Kier alpha value is -2.67. The number of carbonyl (C=O) groups excluding carboxylic acids is 1. The average Bonchev–Trinajstić information content (AvgIpc) is 2.64. The molecule has 0 spiro atoms. The van der Waals surface area contributed by atoms with E-state index in [1.54, 1.807) is 31.5 Å². The summed E-state index contributed by atoms with van der Waals surface area (Å²) in [5.41, 5.74) is 3.79. The van der Waals surface area contributed by atoms with Crippen molar-refractivity contribution in [2.75, 3.05) is 25.7 Å². The Bertz CT molecular complexity index is 806. The van der Waals surface area contributed by atoms with Crippen LogP contribution < -0.4 is 19.6 Å². The van der Waals surface area contributed by atoms with Crippen molar-refractivity contribution in [3.8, 4) is 17.2 Å². The Morgan fingerprint density at radius 2 is 1.96 bits per heavy atom. The first kappa shape index (κ1) is 18.1. The number of hydrogen-bond donors (Lipinski definition) is 1. The molecule has 6 nitrogen and oxygen atoms in total. The molecule has 0 atom stereocenters. The van der Waals surface area contributed by atoms with Gasteiger partial charge in [0.15, 0.2) is 11.5 Å². The minimum atomic E-state index is -0.332. The molecule has 1 aliphatic rings. The highest BCUT2D eigenvalue weighted by Gasteiger charge is 2.19. The highest BCUT2D eigenvalue weighted by atomic mass is 32.2. The summed E-state index contributed by atoms with van der Waals surface area (Å²) in [7, 11) is 3.07. The van der Waals surface area contributed by atoms with Gasteiger partial charge in [0.25, 0.3) is 5.91 Å². The molecule has 0 unspecified atom stereocenters. The summed E-state index contributed by atoms with van der Waals surface area (Å²) >= 11 is 1.87. The Labute approximate surface area is 156 Å². The molecule has 7 heteroatoms. The van der Waals surface area contributed by atoms with Crippen LogP contribution in [0, 0.1) is 0 Å². The first-order valence-corrected chi connectivity index (χ1v) is 9.25. The number of nitrogens with one attached hydrogen (secondary N) is 1. The summed E-state index contributed by atoms with van der Waals surface area (Å²) in [6.07, 6.45) is 1.87. The van der Waals surface area contributed by atoms with E-state index in [9.17, 15) is 4.79 Å². The maximum absolute atomic E-state index is 12.2. The number of amides is 1. The van der Waals surface area contributed by atoms with Crippen LogP contribution in [0.5, 0.6) is 17.2 Å². The zero-order valence-electron chi connectivity index (χ0n) is 14.6. The predicted molar refractivity (Wildman–Crippen MR) is 103 cm³/mol. The number of hydrogen-bond acceptors (Lipinski definition) is 6. The van der Waals surface area contributed by atoms with Gasteiger partial charge in [0, 0.05) is 17.1 Å². The van der Waals surface area contributed by atoms with Crippen molar-refractivity contribution in [3.63, 3.8) is 0 Å². The van der Waals surface area contributed by atoms with Gasteiger partial charge in [0.05, 0.1) is 20.4 Å². The number of hydrazone groups is 1. The first-order valence-electron chi connectivity index (χ1n) is 8.09. The van der Waals surface area contributed by atoms with E-state index in [0.717, 1.165) is 22.8 Å². The monoisotopic (exact) mass is 372 g/mol. The lowest BCUT2D eigenvalue weighted by Crippen LogP contribution is -2.31. The number of carbonyl (C=O) groups is 1. The fraction of sp³-hybridized carbons (Fsp3) is 0.263. The van der Waals surface area contributed by atoms with Crippen molar-refractivity contribution in [2.24, 2.45) is 5.10 Å². The summed E-state index contributed by atoms with van der Waals surface area (Å²) in [5.74, 6) is 3.59. The fourth-order valence-corrected chi connectivity index (χ4v) is 2.91. The highest BCUT2D eigenvalue weighted by molar-refractivity contribution is 8.00. The second-order valence-electron chi connectivity index (χ2n) is 5.62. The van der Waals surface area contributed by atoms with Crippen molar-refractivity contribution in [2.45, 2.75) is 6.10 Å². The third kappa shape index (κ3) is 4.49. The second kappa shape index (κ2) is 8.62. The molecule has 0 aliphatic carbocycles. The Balaban J connectivity index is 1.61. The molecule has 1 amide bonds. The van der Waals surface area contributed by atoms with Gasteiger partial charge in [-0.25, -0.2) is 5.43 Å². The molecule has 1 saturated heterocycles. The lowest BCUT2D eigenvalue weighted by Gasteiger charge is -2.25. The van der Waals surface area contributed by atoms with Crippen molar-refractivity contribution in [1.82, 2.24) is 5.43 Å². The zero-order valence-corrected chi connectivity index (χ0v) is 15.4. The third-order valence-corrected chi connectivity index (χ3v) is 5.01. The largest absolute Gasteiger partial charge is 0.493 e. The Kier molecular flexibility index (Phi) is 6.01. The van der Waals surface area contributed by atoms with Gasteiger partial charge in [0.1, 0.15) is 11.9 Å². The van der Waals surface area contributed by atoms with Crippen LogP contribution in [0.15, 0.2) is 47.6 Å². The van der Waals surface area contributed by atoms with Crippen LogP contribution in [0.2, 0.25) is 0 Å². The van der Waals surface area contributed by atoms with Gasteiger partial charge in [-0.3, -0.25) is 4.79 Å². The molecule has 0 radical (unpaired) electrons. The van der Waals surface area contributed by atoms with E-state index in [1.165, 1.54) is 7.11 Å². The maximum atomic E-state index is 12.2. The van der Waals surface area contributed by atoms with E-state index < -0.39 is 0 Å². The molecule has 1 N–H and O–H groups in total. The van der Waals surface area contributed by atoms with Gasteiger partial charge in [-0.2, -0.15) is 16.9 Å². The van der Waals surface area contributed by atoms with Gasteiger partial charge in [-0.15, -0.1) is 0 Å². The molecular weight excluding hydrogens is 352 g/mol. The van der Waals surface area contributed by atoms with Crippen LogP contribution in [0.25, 0.3) is 0 Å². The van der Waals surface area contributed by atoms with Crippen LogP contribution in [-0.4, -0.2) is 44.0 Å². The van der Waals surface area contributed by atoms with Crippen LogP contribution in [0.1, 0.15) is 15.9 Å². The minimum Gasteiger partial charge on any atom is -0.493 e. The van der Waals surface area contributed by atoms with E-state index >= 15 is 0 Å². The van der Waals surface area contributed by atoms with Crippen LogP contribution >= 0.6 is 11.8 Å². The summed E-state index contributed by atoms with van der Waals surface area (Å²) in [4.78, 5) is 12.2. The van der Waals surface area contributed by atoms with E-state index in [2.05, 4.69) is 10.5 Å². The maximum Gasteiger partial charge on any atom is 0.271 e. The van der Waals surface area contributed by atoms with Gasteiger partial charge in [-0.1, -0.05) is 12.1 Å². The highest BCUT2D eigenvalue weighted by Crippen LogP contribution is 2.27. The molecule has 26 heavy (non-hydrogen) atoms. The molecule has 2 aromatic rings.